The van der Waals surface area contributed by atoms with E-state index in [1.807, 2.05) is 0 Å². The van der Waals surface area contributed by atoms with E-state index in [-0.39, 0.29) is 5.72 Å². The van der Waals surface area contributed by atoms with Crippen molar-refractivity contribution in [2.75, 3.05) is 6.61 Å². The molecule has 1 spiro atoms. The molecule has 128 valence electrons. The fourth-order valence-corrected chi connectivity index (χ4v) is 3.75. The van der Waals surface area contributed by atoms with Gasteiger partial charge in [-0.15, -0.1) is 0 Å². The van der Waals surface area contributed by atoms with Crippen LogP contribution >= 0.6 is 0 Å². The number of nitrogens with one attached hydrogen (secondary N) is 1. The van der Waals surface area contributed by atoms with Crippen LogP contribution in [0.25, 0.3) is 0 Å². The first kappa shape index (κ1) is 17.6. The Balaban J connectivity index is 1.54. The van der Waals surface area contributed by atoms with Gasteiger partial charge in [0.25, 0.3) is 0 Å². The fraction of sp³-hybridized carbons (Fsp3) is 0.944. The van der Waals surface area contributed by atoms with E-state index in [2.05, 4.69) is 17.2 Å². The lowest BCUT2D eigenvalue weighted by Gasteiger charge is -2.36. The van der Waals surface area contributed by atoms with Crippen LogP contribution in [0.4, 0.5) is 0 Å². The molecule has 2 aliphatic heterocycles. The molecule has 0 amide bonds. The second-order valence-corrected chi connectivity index (χ2v) is 7.06. The summed E-state index contributed by atoms with van der Waals surface area (Å²) in [5.74, 6) is 0.578. The maximum atomic E-state index is 5.95. The third-order valence-electron chi connectivity index (χ3n) is 4.99. The molecule has 2 rings (SSSR count). The van der Waals surface area contributed by atoms with Crippen molar-refractivity contribution in [3.8, 4) is 0 Å². The van der Waals surface area contributed by atoms with E-state index in [4.69, 9.17) is 10.5 Å². The van der Waals surface area contributed by atoms with Crippen LogP contribution in [0.2, 0.25) is 0 Å². The summed E-state index contributed by atoms with van der Waals surface area (Å²) in [6.07, 6.45) is 16.7. The van der Waals surface area contributed by atoms with Gasteiger partial charge >= 0.3 is 0 Å². The molecule has 0 aromatic carbocycles. The van der Waals surface area contributed by atoms with Crippen molar-refractivity contribution in [3.05, 3.63) is 0 Å². The van der Waals surface area contributed by atoms with Crippen molar-refractivity contribution >= 4 is 5.96 Å². The molecule has 1 fully saturated rings. The molecule has 0 bridgehead atoms. The van der Waals surface area contributed by atoms with E-state index < -0.39 is 0 Å². The third-order valence-corrected chi connectivity index (χ3v) is 4.99. The van der Waals surface area contributed by atoms with Crippen molar-refractivity contribution in [1.82, 2.24) is 5.32 Å². The minimum absolute atomic E-state index is 0.199. The molecule has 3 N–H and O–H groups in total. The van der Waals surface area contributed by atoms with Gasteiger partial charge in [0.2, 0.25) is 0 Å². The van der Waals surface area contributed by atoms with Gasteiger partial charge in [0.05, 0.1) is 6.04 Å². The third kappa shape index (κ3) is 5.79. The Labute approximate surface area is 136 Å². The van der Waals surface area contributed by atoms with Gasteiger partial charge in [-0.2, -0.15) is 0 Å². The molecule has 0 unspecified atom stereocenters. The molecule has 0 aromatic rings. The predicted molar refractivity (Wildman–Crippen MR) is 92.9 cm³/mol. The number of rotatable bonds is 10. The minimum atomic E-state index is -0.199. The zero-order chi connectivity index (χ0) is 15.7. The molecule has 0 aliphatic carbocycles. The zero-order valence-corrected chi connectivity index (χ0v) is 14.4. The normalized spacial score (nSPS) is 27.9. The smallest absolute Gasteiger partial charge is 0.191 e. The lowest BCUT2D eigenvalue weighted by Crippen LogP contribution is -2.56. The fourth-order valence-electron chi connectivity index (χ4n) is 3.75. The van der Waals surface area contributed by atoms with Gasteiger partial charge in [-0.05, 0) is 19.3 Å². The van der Waals surface area contributed by atoms with Crippen molar-refractivity contribution in [1.29, 1.82) is 0 Å². The van der Waals surface area contributed by atoms with Gasteiger partial charge in [0.15, 0.2) is 5.96 Å². The Bertz CT molecular complexity index is 337. The minimum Gasteiger partial charge on any atom is -0.370 e. The number of hydrogen-bond donors (Lipinski definition) is 2. The first-order chi connectivity index (χ1) is 10.7. The second kappa shape index (κ2) is 9.39. The standard InChI is InChI=1S/C18H35N3O/c1-2-3-4-5-6-7-8-9-10-12-16-15-18(13-11-14-22-18)21-17(19)20-16/h16H,2-15H2,1H3,(H3,19,20,21)/t16-,18-/m0/s1. The average Bonchev–Trinajstić information content (AvgIpc) is 2.92. The highest BCUT2D eigenvalue weighted by Gasteiger charge is 2.40. The molecular weight excluding hydrogens is 274 g/mol. The van der Waals surface area contributed by atoms with Crippen LogP contribution in [0.3, 0.4) is 0 Å². The van der Waals surface area contributed by atoms with Crippen LogP contribution in [0.5, 0.6) is 0 Å². The monoisotopic (exact) mass is 309 g/mol. The van der Waals surface area contributed by atoms with Crippen molar-refractivity contribution in [2.45, 2.75) is 102 Å². The Hall–Kier alpha value is -0.770. The summed E-state index contributed by atoms with van der Waals surface area (Å²) in [4.78, 5) is 4.57. The Morgan fingerprint density at radius 1 is 1.14 bits per heavy atom. The van der Waals surface area contributed by atoms with E-state index in [0.29, 0.717) is 12.0 Å². The van der Waals surface area contributed by atoms with E-state index in [0.717, 1.165) is 32.3 Å². The first-order valence-corrected chi connectivity index (χ1v) is 9.49. The summed E-state index contributed by atoms with van der Waals surface area (Å²) in [5, 5.41) is 3.26. The molecule has 0 aromatic heterocycles. The van der Waals surface area contributed by atoms with Crippen molar-refractivity contribution < 1.29 is 4.74 Å². The molecule has 22 heavy (non-hydrogen) atoms. The molecule has 4 nitrogen and oxygen atoms in total. The van der Waals surface area contributed by atoms with Gasteiger partial charge in [0.1, 0.15) is 5.72 Å². The number of unbranched alkanes of at least 4 members (excludes halogenated alkanes) is 8. The first-order valence-electron chi connectivity index (χ1n) is 9.49. The van der Waals surface area contributed by atoms with Gasteiger partial charge in [-0.25, -0.2) is 4.99 Å². The number of ether oxygens (including phenoxy) is 1. The van der Waals surface area contributed by atoms with Crippen LogP contribution in [0, 0.1) is 0 Å². The molecule has 2 aliphatic rings. The lowest BCUT2D eigenvalue weighted by molar-refractivity contribution is -0.0258. The van der Waals surface area contributed by atoms with Crippen molar-refractivity contribution in [3.63, 3.8) is 0 Å². The predicted octanol–water partition coefficient (Wildman–Crippen LogP) is 4.09. The SMILES string of the molecule is CCCCCCCCCCC[C@H]1C[C@@]2(CCCO2)NC(N)=N1. The molecule has 0 radical (unpaired) electrons. The highest BCUT2D eigenvalue weighted by atomic mass is 16.5. The molecule has 2 atom stereocenters. The van der Waals surface area contributed by atoms with Gasteiger partial charge < -0.3 is 15.8 Å². The average molecular weight is 309 g/mol. The topological polar surface area (TPSA) is 59.6 Å². The van der Waals surface area contributed by atoms with E-state index in [1.54, 1.807) is 0 Å². The second-order valence-electron chi connectivity index (χ2n) is 7.06. The van der Waals surface area contributed by atoms with Crippen LogP contribution in [0.1, 0.15) is 90.4 Å². The van der Waals surface area contributed by atoms with Gasteiger partial charge in [-0.1, -0.05) is 64.7 Å². The molecule has 1 saturated heterocycles. The molecule has 0 saturated carbocycles. The number of aliphatic imine (C=N–C) groups is 1. The summed E-state index contributed by atoms with van der Waals surface area (Å²) in [5.41, 5.74) is 5.75. The molecule has 2 heterocycles. The summed E-state index contributed by atoms with van der Waals surface area (Å²) in [6.45, 7) is 3.13. The summed E-state index contributed by atoms with van der Waals surface area (Å²) in [6, 6.07) is 0.351. The number of nitrogens with zero attached hydrogens (tertiary/aromatic N) is 1. The van der Waals surface area contributed by atoms with Gasteiger partial charge in [0, 0.05) is 13.0 Å². The zero-order valence-electron chi connectivity index (χ0n) is 14.4. The molecule has 4 heteroatoms. The quantitative estimate of drug-likeness (QED) is 0.598. The Morgan fingerprint density at radius 3 is 2.45 bits per heavy atom. The Morgan fingerprint density at radius 2 is 1.82 bits per heavy atom. The summed E-state index contributed by atoms with van der Waals surface area (Å²) < 4.78 is 5.90. The van der Waals surface area contributed by atoms with Crippen LogP contribution in [-0.4, -0.2) is 24.3 Å². The maximum absolute atomic E-state index is 5.95. The van der Waals surface area contributed by atoms with Crippen LogP contribution in [-0.2, 0) is 4.74 Å². The highest BCUT2D eigenvalue weighted by molar-refractivity contribution is 5.79. The number of nitrogens with two attached hydrogens (primary N) is 1. The van der Waals surface area contributed by atoms with Crippen molar-refractivity contribution in [2.24, 2.45) is 10.7 Å². The summed E-state index contributed by atoms with van der Waals surface area (Å²) in [7, 11) is 0. The van der Waals surface area contributed by atoms with Crippen LogP contribution < -0.4 is 11.1 Å². The number of guanidine groups is 1. The van der Waals surface area contributed by atoms with Crippen LogP contribution in [0.15, 0.2) is 4.99 Å². The maximum Gasteiger partial charge on any atom is 0.191 e. The Kier molecular flexibility index (Phi) is 7.50. The summed E-state index contributed by atoms with van der Waals surface area (Å²) >= 11 is 0. The largest absolute Gasteiger partial charge is 0.370 e. The van der Waals surface area contributed by atoms with E-state index in [9.17, 15) is 0 Å². The van der Waals surface area contributed by atoms with Gasteiger partial charge in [-0.3, -0.25) is 0 Å². The highest BCUT2D eigenvalue weighted by Crippen LogP contribution is 2.32. The number of hydrogen-bond acceptors (Lipinski definition) is 4. The molecular formula is C18H35N3O. The lowest BCUT2D eigenvalue weighted by atomic mass is 9.95. The van der Waals surface area contributed by atoms with E-state index in [1.165, 1.54) is 57.8 Å². The van der Waals surface area contributed by atoms with E-state index >= 15 is 0 Å².